The fraction of sp³-hybridized carbons (Fsp3) is 0.286. The molecule has 0 bridgehead atoms. The van der Waals surface area contributed by atoms with Crippen LogP contribution in [-0.4, -0.2) is 19.2 Å². The number of anilines is 1. The molecule has 0 radical (unpaired) electrons. The van der Waals surface area contributed by atoms with Crippen LogP contribution in [0.2, 0.25) is 0 Å². The van der Waals surface area contributed by atoms with Crippen LogP contribution in [0.25, 0.3) is 0 Å². The second-order valence-corrected chi connectivity index (χ2v) is 4.56. The van der Waals surface area contributed by atoms with E-state index in [4.69, 9.17) is 5.73 Å². The molecule has 1 aromatic rings. The van der Waals surface area contributed by atoms with E-state index in [-0.39, 0.29) is 16.3 Å². The number of aromatic nitrogens is 1. The summed E-state index contributed by atoms with van der Waals surface area (Å²) in [5.41, 5.74) is 5.65. The lowest BCUT2D eigenvalue weighted by molar-refractivity contribution is 0.597. The molecule has 0 saturated heterocycles. The van der Waals surface area contributed by atoms with Gasteiger partial charge in [-0.05, 0) is 6.07 Å². The quantitative estimate of drug-likeness (QED) is 0.728. The molecular formula is C7H10N2O2S. The van der Waals surface area contributed by atoms with E-state index in [1.807, 2.05) is 0 Å². The van der Waals surface area contributed by atoms with Gasteiger partial charge in [-0.25, -0.2) is 8.42 Å². The van der Waals surface area contributed by atoms with Crippen molar-refractivity contribution in [2.45, 2.75) is 11.8 Å². The van der Waals surface area contributed by atoms with Crippen molar-refractivity contribution in [3.63, 3.8) is 0 Å². The first-order valence-electron chi connectivity index (χ1n) is 3.50. The highest BCUT2D eigenvalue weighted by molar-refractivity contribution is 7.91. The monoisotopic (exact) mass is 186 g/mol. The molecule has 1 heterocycles. The fourth-order valence-corrected chi connectivity index (χ4v) is 1.82. The summed E-state index contributed by atoms with van der Waals surface area (Å²) in [7, 11) is -3.19. The van der Waals surface area contributed by atoms with Crippen LogP contribution in [0.5, 0.6) is 0 Å². The molecule has 0 aliphatic carbocycles. The Labute approximate surface area is 71.3 Å². The van der Waals surface area contributed by atoms with Gasteiger partial charge in [-0.15, -0.1) is 0 Å². The maximum absolute atomic E-state index is 11.3. The van der Waals surface area contributed by atoms with Crippen molar-refractivity contribution in [2.75, 3.05) is 11.5 Å². The summed E-state index contributed by atoms with van der Waals surface area (Å²) in [5.74, 6) is 0.0568. The predicted octanol–water partition coefficient (Wildman–Crippen LogP) is 0.457. The van der Waals surface area contributed by atoms with Crippen LogP contribution in [0.4, 0.5) is 5.69 Å². The number of hydrogen-bond acceptors (Lipinski definition) is 4. The van der Waals surface area contributed by atoms with E-state index in [9.17, 15) is 8.42 Å². The third-order valence-corrected chi connectivity index (χ3v) is 3.33. The van der Waals surface area contributed by atoms with Crippen molar-refractivity contribution in [3.05, 3.63) is 18.5 Å². The van der Waals surface area contributed by atoms with Gasteiger partial charge in [0.25, 0.3) is 0 Å². The van der Waals surface area contributed by atoms with Crippen molar-refractivity contribution >= 4 is 15.5 Å². The summed E-state index contributed by atoms with van der Waals surface area (Å²) in [4.78, 5) is 3.87. The molecule has 12 heavy (non-hydrogen) atoms. The molecule has 4 nitrogen and oxygen atoms in total. The van der Waals surface area contributed by atoms with Gasteiger partial charge in [0.1, 0.15) is 0 Å². The summed E-state index contributed by atoms with van der Waals surface area (Å²) in [6.07, 6.45) is 2.75. The smallest absolute Gasteiger partial charge is 0.180 e. The van der Waals surface area contributed by atoms with Crippen molar-refractivity contribution in [2.24, 2.45) is 0 Å². The number of nitrogens with zero attached hydrogens (tertiary/aromatic N) is 1. The summed E-state index contributed by atoms with van der Waals surface area (Å²) in [5, 5.41) is 0. The van der Waals surface area contributed by atoms with Gasteiger partial charge in [0.2, 0.25) is 0 Å². The molecule has 0 aromatic carbocycles. The minimum absolute atomic E-state index is 0.0568. The first kappa shape index (κ1) is 8.99. The molecule has 0 unspecified atom stereocenters. The Bertz CT molecular complexity index is 373. The van der Waals surface area contributed by atoms with Crippen molar-refractivity contribution in [3.8, 4) is 0 Å². The van der Waals surface area contributed by atoms with E-state index < -0.39 is 9.84 Å². The zero-order valence-corrected chi connectivity index (χ0v) is 7.50. The normalized spacial score (nSPS) is 11.4. The summed E-state index contributed by atoms with van der Waals surface area (Å²) < 4.78 is 22.6. The number of rotatable bonds is 2. The highest BCUT2D eigenvalue weighted by atomic mass is 32.2. The Morgan fingerprint density at radius 1 is 1.58 bits per heavy atom. The largest absolute Gasteiger partial charge is 0.396 e. The Balaban J connectivity index is 3.30. The Kier molecular flexibility index (Phi) is 2.32. The van der Waals surface area contributed by atoms with Crippen LogP contribution >= 0.6 is 0 Å². The molecule has 1 rings (SSSR count). The molecular weight excluding hydrogens is 176 g/mol. The molecule has 0 fully saturated rings. The summed E-state index contributed by atoms with van der Waals surface area (Å²) >= 11 is 0. The maximum Gasteiger partial charge on any atom is 0.180 e. The lowest BCUT2D eigenvalue weighted by Gasteiger charge is -2.02. The van der Waals surface area contributed by atoms with E-state index in [1.165, 1.54) is 18.5 Å². The average molecular weight is 186 g/mol. The van der Waals surface area contributed by atoms with Crippen LogP contribution in [-0.2, 0) is 9.84 Å². The van der Waals surface area contributed by atoms with Crippen molar-refractivity contribution in [1.82, 2.24) is 4.98 Å². The minimum atomic E-state index is -3.19. The van der Waals surface area contributed by atoms with E-state index >= 15 is 0 Å². The molecule has 2 N–H and O–H groups in total. The van der Waals surface area contributed by atoms with E-state index in [0.29, 0.717) is 0 Å². The average Bonchev–Trinajstić information content (AvgIpc) is 2.05. The SMILES string of the molecule is CCS(=O)(=O)c1ccncc1N. The highest BCUT2D eigenvalue weighted by Crippen LogP contribution is 2.16. The van der Waals surface area contributed by atoms with E-state index in [0.717, 1.165) is 0 Å². The molecule has 0 spiro atoms. The second kappa shape index (κ2) is 3.10. The lowest BCUT2D eigenvalue weighted by atomic mass is 10.4. The van der Waals surface area contributed by atoms with Crippen LogP contribution in [0.1, 0.15) is 6.92 Å². The zero-order valence-electron chi connectivity index (χ0n) is 6.69. The van der Waals surface area contributed by atoms with Crippen LogP contribution in [0, 0.1) is 0 Å². The summed E-state index contributed by atoms with van der Waals surface area (Å²) in [6, 6.07) is 1.41. The number of hydrogen-bond donors (Lipinski definition) is 1. The lowest BCUT2D eigenvalue weighted by Crippen LogP contribution is -2.07. The second-order valence-electron chi connectivity index (χ2n) is 2.32. The maximum atomic E-state index is 11.3. The molecule has 0 aliphatic heterocycles. The molecule has 0 atom stereocenters. The van der Waals surface area contributed by atoms with E-state index in [2.05, 4.69) is 4.98 Å². The zero-order chi connectivity index (χ0) is 9.19. The van der Waals surface area contributed by atoms with Gasteiger partial charge >= 0.3 is 0 Å². The van der Waals surface area contributed by atoms with Gasteiger partial charge in [-0.1, -0.05) is 6.92 Å². The van der Waals surface area contributed by atoms with Gasteiger partial charge < -0.3 is 5.73 Å². The summed E-state index contributed by atoms with van der Waals surface area (Å²) in [6.45, 7) is 1.58. The third kappa shape index (κ3) is 1.55. The van der Waals surface area contributed by atoms with Gasteiger partial charge in [0.15, 0.2) is 9.84 Å². The number of nitrogen functional groups attached to an aromatic ring is 1. The van der Waals surface area contributed by atoms with Gasteiger partial charge in [0, 0.05) is 6.20 Å². The topological polar surface area (TPSA) is 73.0 Å². The fourth-order valence-electron chi connectivity index (χ4n) is 0.833. The molecule has 66 valence electrons. The van der Waals surface area contributed by atoms with Crippen molar-refractivity contribution < 1.29 is 8.42 Å². The van der Waals surface area contributed by atoms with Gasteiger partial charge in [-0.2, -0.15) is 0 Å². The number of sulfone groups is 1. The van der Waals surface area contributed by atoms with Crippen LogP contribution in [0.15, 0.2) is 23.4 Å². The number of nitrogens with two attached hydrogens (primary N) is 1. The standard InChI is InChI=1S/C7H10N2O2S/c1-2-12(10,11)7-3-4-9-5-6(7)8/h3-5H,2,8H2,1H3. The number of pyridine rings is 1. The van der Waals surface area contributed by atoms with E-state index in [1.54, 1.807) is 6.92 Å². The first-order valence-corrected chi connectivity index (χ1v) is 5.15. The molecule has 0 saturated carbocycles. The van der Waals surface area contributed by atoms with Crippen molar-refractivity contribution in [1.29, 1.82) is 0 Å². The first-order chi connectivity index (χ1) is 5.58. The predicted molar refractivity (Wildman–Crippen MR) is 46.4 cm³/mol. The molecule has 5 heteroatoms. The molecule has 1 aromatic heterocycles. The van der Waals surface area contributed by atoms with Crippen LogP contribution < -0.4 is 5.73 Å². The van der Waals surface area contributed by atoms with Gasteiger partial charge in [-0.3, -0.25) is 4.98 Å². The minimum Gasteiger partial charge on any atom is -0.396 e. The molecule has 0 aliphatic rings. The Morgan fingerprint density at radius 2 is 2.25 bits per heavy atom. The van der Waals surface area contributed by atoms with Crippen LogP contribution in [0.3, 0.4) is 0 Å². The Morgan fingerprint density at radius 3 is 2.75 bits per heavy atom. The highest BCUT2D eigenvalue weighted by Gasteiger charge is 2.13. The molecule has 0 amide bonds. The Hall–Kier alpha value is -1.10. The van der Waals surface area contributed by atoms with Gasteiger partial charge in [0.05, 0.1) is 22.5 Å². The third-order valence-electron chi connectivity index (χ3n) is 1.53.